The average Bonchev–Trinajstić information content (AvgIpc) is 2.69. The van der Waals surface area contributed by atoms with Gasteiger partial charge in [0.25, 0.3) is 11.8 Å². The van der Waals surface area contributed by atoms with Crippen LogP contribution in [0.3, 0.4) is 0 Å². The molecule has 5 nitrogen and oxygen atoms in total. The van der Waals surface area contributed by atoms with E-state index in [0.717, 1.165) is 5.69 Å². The fraction of sp³-hybridized carbons (Fsp3) is 0.0500. The lowest BCUT2D eigenvalue weighted by molar-refractivity contribution is 0.0992. The van der Waals surface area contributed by atoms with Crippen molar-refractivity contribution in [3.8, 4) is 0 Å². The van der Waals surface area contributed by atoms with Crippen molar-refractivity contribution in [1.82, 2.24) is 4.98 Å². The summed E-state index contributed by atoms with van der Waals surface area (Å²) in [7, 11) is 1.68. The topological polar surface area (TPSA) is 62.3 Å². The van der Waals surface area contributed by atoms with Gasteiger partial charge in [0.05, 0.1) is 11.1 Å². The van der Waals surface area contributed by atoms with Crippen LogP contribution in [0.5, 0.6) is 0 Å². The molecule has 1 heterocycles. The Balaban J connectivity index is 1.78. The highest BCUT2D eigenvalue weighted by Crippen LogP contribution is 2.17. The summed E-state index contributed by atoms with van der Waals surface area (Å²) in [5, 5.41) is 3.33. The number of aromatic nitrogens is 1. The summed E-state index contributed by atoms with van der Waals surface area (Å²) in [6.07, 6.45) is 2.87. The van der Waals surface area contributed by atoms with Gasteiger partial charge in [-0.05, 0) is 42.5 Å². The largest absolute Gasteiger partial charge is 0.322 e. The molecule has 2 aromatic carbocycles. The normalized spacial score (nSPS) is 10.2. The zero-order valence-corrected chi connectivity index (χ0v) is 14.8. The third kappa shape index (κ3) is 4.07. The van der Waals surface area contributed by atoms with Gasteiger partial charge in [-0.1, -0.05) is 29.8 Å². The summed E-state index contributed by atoms with van der Waals surface area (Å²) in [5.41, 5.74) is 2.00. The maximum absolute atomic E-state index is 12.7. The minimum absolute atomic E-state index is 0.246. The van der Waals surface area contributed by atoms with Crippen LogP contribution in [0.15, 0.2) is 73.1 Å². The van der Waals surface area contributed by atoms with E-state index in [9.17, 15) is 9.59 Å². The number of hydrogen-bond donors (Lipinski definition) is 1. The minimum atomic E-state index is -0.350. The average molecular weight is 366 g/mol. The Hall–Kier alpha value is -3.18. The smallest absolute Gasteiger partial charge is 0.259 e. The van der Waals surface area contributed by atoms with Crippen molar-refractivity contribution >= 4 is 34.8 Å². The number of rotatable bonds is 4. The van der Waals surface area contributed by atoms with Gasteiger partial charge in [-0.25, -0.2) is 0 Å². The molecule has 0 saturated heterocycles. The van der Waals surface area contributed by atoms with E-state index in [2.05, 4.69) is 10.3 Å². The van der Waals surface area contributed by atoms with Crippen LogP contribution in [0.1, 0.15) is 20.7 Å². The van der Waals surface area contributed by atoms with E-state index in [1.165, 1.54) is 23.4 Å². The molecule has 3 rings (SSSR count). The van der Waals surface area contributed by atoms with Gasteiger partial charge < -0.3 is 10.2 Å². The molecule has 1 aromatic heterocycles. The Morgan fingerprint density at radius 1 is 0.962 bits per heavy atom. The summed E-state index contributed by atoms with van der Waals surface area (Å²) < 4.78 is 0. The summed E-state index contributed by atoms with van der Waals surface area (Å²) in [6, 6.07) is 17.6. The zero-order valence-electron chi connectivity index (χ0n) is 14.0. The van der Waals surface area contributed by atoms with Gasteiger partial charge in [-0.2, -0.15) is 0 Å². The van der Waals surface area contributed by atoms with Crippen molar-refractivity contribution in [3.05, 3.63) is 89.2 Å². The number of para-hydroxylation sites is 1. The van der Waals surface area contributed by atoms with E-state index < -0.39 is 0 Å². The Morgan fingerprint density at radius 2 is 1.62 bits per heavy atom. The molecule has 0 radical (unpaired) electrons. The highest BCUT2D eigenvalue weighted by Gasteiger charge is 2.16. The van der Waals surface area contributed by atoms with Crippen LogP contribution >= 0.6 is 11.6 Å². The van der Waals surface area contributed by atoms with Crippen molar-refractivity contribution in [2.45, 2.75) is 0 Å². The van der Waals surface area contributed by atoms with E-state index in [4.69, 9.17) is 11.6 Å². The molecule has 0 unspecified atom stereocenters. The van der Waals surface area contributed by atoms with Gasteiger partial charge in [0.1, 0.15) is 0 Å². The summed E-state index contributed by atoms with van der Waals surface area (Å²) in [6.45, 7) is 0. The summed E-state index contributed by atoms with van der Waals surface area (Å²) in [4.78, 5) is 30.6. The molecule has 0 atom stereocenters. The number of pyridine rings is 1. The van der Waals surface area contributed by atoms with Crippen LogP contribution in [0.2, 0.25) is 5.02 Å². The third-order valence-corrected chi connectivity index (χ3v) is 4.05. The molecule has 26 heavy (non-hydrogen) atoms. The lowest BCUT2D eigenvalue weighted by Crippen LogP contribution is -2.26. The van der Waals surface area contributed by atoms with E-state index in [0.29, 0.717) is 21.8 Å². The van der Waals surface area contributed by atoms with Crippen LogP contribution in [-0.2, 0) is 0 Å². The van der Waals surface area contributed by atoms with E-state index in [-0.39, 0.29) is 11.8 Å². The van der Waals surface area contributed by atoms with E-state index >= 15 is 0 Å². The molecule has 6 heteroatoms. The zero-order chi connectivity index (χ0) is 18.5. The quantitative estimate of drug-likeness (QED) is 0.751. The Morgan fingerprint density at radius 3 is 2.31 bits per heavy atom. The first-order valence-electron chi connectivity index (χ1n) is 7.89. The fourth-order valence-corrected chi connectivity index (χ4v) is 2.51. The second-order valence-corrected chi connectivity index (χ2v) is 6.06. The molecule has 2 amide bonds. The molecule has 0 aliphatic heterocycles. The SMILES string of the molecule is CN(C(=O)c1cncc(C(=O)Nc2ccc(Cl)cc2)c1)c1ccccc1. The standard InChI is InChI=1S/C20H16ClN3O2/c1-24(18-5-3-2-4-6-18)20(26)15-11-14(12-22-13-15)19(25)23-17-9-7-16(21)8-10-17/h2-13H,1H3,(H,23,25). The number of nitrogens with one attached hydrogen (secondary N) is 1. The van der Waals surface area contributed by atoms with Gasteiger partial charge in [-0.3, -0.25) is 14.6 Å². The number of benzene rings is 2. The van der Waals surface area contributed by atoms with Crippen molar-refractivity contribution < 1.29 is 9.59 Å². The molecule has 0 bridgehead atoms. The number of halogens is 1. The second kappa shape index (κ2) is 7.80. The first-order valence-corrected chi connectivity index (χ1v) is 8.27. The number of anilines is 2. The number of carbonyl (C=O) groups excluding carboxylic acids is 2. The molecule has 3 aromatic rings. The summed E-state index contributed by atoms with van der Waals surface area (Å²) in [5.74, 6) is -0.596. The molecule has 0 fully saturated rings. The van der Waals surface area contributed by atoms with Crippen molar-refractivity contribution in [1.29, 1.82) is 0 Å². The van der Waals surface area contributed by atoms with Crippen LogP contribution in [0.4, 0.5) is 11.4 Å². The molecular weight excluding hydrogens is 350 g/mol. The molecule has 0 spiro atoms. The lowest BCUT2D eigenvalue weighted by Gasteiger charge is -2.17. The highest BCUT2D eigenvalue weighted by atomic mass is 35.5. The van der Waals surface area contributed by atoms with Gasteiger partial charge in [0.2, 0.25) is 0 Å². The minimum Gasteiger partial charge on any atom is -0.322 e. The van der Waals surface area contributed by atoms with Gasteiger partial charge in [0, 0.05) is 35.8 Å². The van der Waals surface area contributed by atoms with Crippen LogP contribution in [0.25, 0.3) is 0 Å². The van der Waals surface area contributed by atoms with Crippen molar-refractivity contribution in [2.75, 3.05) is 17.3 Å². The predicted octanol–water partition coefficient (Wildman–Crippen LogP) is 4.26. The third-order valence-electron chi connectivity index (χ3n) is 3.80. The van der Waals surface area contributed by atoms with Gasteiger partial charge in [0.15, 0.2) is 0 Å². The second-order valence-electron chi connectivity index (χ2n) is 5.62. The molecule has 130 valence electrons. The van der Waals surface area contributed by atoms with E-state index in [1.807, 2.05) is 30.3 Å². The Labute approximate surface area is 156 Å². The fourth-order valence-electron chi connectivity index (χ4n) is 2.38. The molecule has 1 N–H and O–H groups in total. The maximum atomic E-state index is 12.7. The first kappa shape index (κ1) is 17.6. The Bertz CT molecular complexity index is 927. The monoisotopic (exact) mass is 365 g/mol. The maximum Gasteiger partial charge on any atom is 0.259 e. The van der Waals surface area contributed by atoms with Gasteiger partial charge in [-0.15, -0.1) is 0 Å². The summed E-state index contributed by atoms with van der Waals surface area (Å²) >= 11 is 5.84. The molecule has 0 saturated carbocycles. The van der Waals surface area contributed by atoms with Crippen molar-refractivity contribution in [3.63, 3.8) is 0 Å². The highest BCUT2D eigenvalue weighted by molar-refractivity contribution is 6.30. The number of hydrogen-bond acceptors (Lipinski definition) is 3. The molecule has 0 aliphatic rings. The van der Waals surface area contributed by atoms with Crippen LogP contribution in [-0.4, -0.2) is 23.8 Å². The lowest BCUT2D eigenvalue weighted by atomic mass is 10.1. The predicted molar refractivity (Wildman–Crippen MR) is 103 cm³/mol. The van der Waals surface area contributed by atoms with Crippen LogP contribution in [0, 0.1) is 0 Å². The molecular formula is C20H16ClN3O2. The first-order chi connectivity index (χ1) is 12.5. The number of carbonyl (C=O) groups is 2. The molecule has 0 aliphatic carbocycles. The number of amides is 2. The Kier molecular flexibility index (Phi) is 5.29. The van der Waals surface area contributed by atoms with Crippen LogP contribution < -0.4 is 10.2 Å². The number of nitrogens with zero attached hydrogens (tertiary/aromatic N) is 2. The van der Waals surface area contributed by atoms with Crippen molar-refractivity contribution in [2.24, 2.45) is 0 Å². The van der Waals surface area contributed by atoms with Gasteiger partial charge >= 0.3 is 0 Å². The van der Waals surface area contributed by atoms with E-state index in [1.54, 1.807) is 31.3 Å².